The molecule has 1 amide bonds. The maximum atomic E-state index is 12.4. The summed E-state index contributed by atoms with van der Waals surface area (Å²) in [4.78, 5) is 18.9. The predicted molar refractivity (Wildman–Crippen MR) is 101 cm³/mol. The second kappa shape index (κ2) is 6.85. The number of amides is 1. The van der Waals surface area contributed by atoms with Gasteiger partial charge in [-0.25, -0.2) is 4.98 Å². The fraction of sp³-hybridized carbons (Fsp3) is 0.100. The van der Waals surface area contributed by atoms with Crippen molar-refractivity contribution in [3.05, 3.63) is 84.1 Å². The van der Waals surface area contributed by atoms with E-state index in [1.807, 2.05) is 76.3 Å². The summed E-state index contributed by atoms with van der Waals surface area (Å²) >= 11 is 0. The minimum absolute atomic E-state index is 0.00548. The van der Waals surface area contributed by atoms with Crippen molar-refractivity contribution in [2.45, 2.75) is 13.3 Å². The third-order valence-corrected chi connectivity index (χ3v) is 4.20. The Balaban J connectivity index is 1.52. The summed E-state index contributed by atoms with van der Waals surface area (Å²) in [7, 11) is 0. The molecule has 0 unspecified atom stereocenters. The van der Waals surface area contributed by atoms with Crippen molar-refractivity contribution < 1.29 is 9.90 Å². The standard InChI is InChI=1S/C20H18N4O2/c25-13-15-5-4-8-17(11-15)23-10-9-19-22-18(12-24(19)14-23)20(26)21-16-6-2-1-3-7-16/h1-12,25H,13-14H2,(H,21,26). The van der Waals surface area contributed by atoms with E-state index in [1.165, 1.54) is 0 Å². The summed E-state index contributed by atoms with van der Waals surface area (Å²) in [6, 6.07) is 17.0. The molecule has 2 N–H and O–H groups in total. The van der Waals surface area contributed by atoms with Crippen LogP contribution in [0.2, 0.25) is 0 Å². The molecule has 26 heavy (non-hydrogen) atoms. The van der Waals surface area contributed by atoms with E-state index < -0.39 is 0 Å². The first kappa shape index (κ1) is 16.1. The van der Waals surface area contributed by atoms with Crippen LogP contribution in [-0.2, 0) is 13.3 Å². The Kier molecular flexibility index (Phi) is 4.25. The van der Waals surface area contributed by atoms with Crippen LogP contribution in [-0.4, -0.2) is 20.6 Å². The van der Waals surface area contributed by atoms with E-state index in [4.69, 9.17) is 0 Å². The number of anilines is 2. The van der Waals surface area contributed by atoms with Crippen LogP contribution in [0.15, 0.2) is 67.0 Å². The molecular formula is C20H18N4O2. The van der Waals surface area contributed by atoms with Crippen molar-refractivity contribution >= 4 is 23.4 Å². The zero-order valence-electron chi connectivity index (χ0n) is 14.0. The highest BCUT2D eigenvalue weighted by molar-refractivity contribution is 6.02. The molecule has 0 spiro atoms. The zero-order chi connectivity index (χ0) is 17.9. The van der Waals surface area contributed by atoms with Crippen molar-refractivity contribution in [3.8, 4) is 0 Å². The molecular weight excluding hydrogens is 328 g/mol. The lowest BCUT2D eigenvalue weighted by molar-refractivity contribution is 0.102. The van der Waals surface area contributed by atoms with Gasteiger partial charge in [0.2, 0.25) is 0 Å². The van der Waals surface area contributed by atoms with Gasteiger partial charge < -0.3 is 19.9 Å². The number of aliphatic hydroxyl groups is 1. The molecule has 1 aromatic heterocycles. The molecule has 0 radical (unpaired) electrons. The number of benzene rings is 2. The van der Waals surface area contributed by atoms with Crippen LogP contribution in [0.25, 0.3) is 6.08 Å². The average molecular weight is 346 g/mol. The molecule has 6 nitrogen and oxygen atoms in total. The summed E-state index contributed by atoms with van der Waals surface area (Å²) in [6.07, 6.45) is 5.55. The van der Waals surface area contributed by atoms with E-state index in [-0.39, 0.29) is 12.5 Å². The number of para-hydroxylation sites is 1. The number of nitrogens with zero attached hydrogens (tertiary/aromatic N) is 3. The van der Waals surface area contributed by atoms with Gasteiger partial charge in [-0.3, -0.25) is 4.79 Å². The zero-order valence-corrected chi connectivity index (χ0v) is 14.0. The van der Waals surface area contributed by atoms with Gasteiger partial charge in [0.15, 0.2) is 0 Å². The molecule has 0 aliphatic carbocycles. The summed E-state index contributed by atoms with van der Waals surface area (Å²) in [5, 5.41) is 12.2. The third-order valence-electron chi connectivity index (χ3n) is 4.20. The van der Waals surface area contributed by atoms with Crippen LogP contribution in [0.4, 0.5) is 11.4 Å². The van der Waals surface area contributed by atoms with E-state index >= 15 is 0 Å². The van der Waals surface area contributed by atoms with Gasteiger partial charge in [-0.05, 0) is 35.9 Å². The molecule has 2 aromatic carbocycles. The highest BCUT2D eigenvalue weighted by atomic mass is 16.3. The van der Waals surface area contributed by atoms with Crippen molar-refractivity contribution in [3.63, 3.8) is 0 Å². The Morgan fingerprint density at radius 3 is 2.81 bits per heavy atom. The van der Waals surface area contributed by atoms with Crippen molar-refractivity contribution in [2.75, 3.05) is 10.2 Å². The van der Waals surface area contributed by atoms with Gasteiger partial charge in [0.25, 0.3) is 5.91 Å². The van der Waals surface area contributed by atoms with Crippen LogP contribution in [0.1, 0.15) is 21.9 Å². The number of fused-ring (bicyclic) bond motifs is 1. The van der Waals surface area contributed by atoms with Gasteiger partial charge in [-0.1, -0.05) is 30.3 Å². The smallest absolute Gasteiger partial charge is 0.275 e. The Labute approximate surface area is 151 Å². The quantitative estimate of drug-likeness (QED) is 0.762. The van der Waals surface area contributed by atoms with E-state index in [1.54, 1.807) is 6.20 Å². The van der Waals surface area contributed by atoms with Gasteiger partial charge in [0.1, 0.15) is 18.2 Å². The number of imidazole rings is 1. The SMILES string of the molecule is O=C(Nc1ccccc1)c1cn2c(n1)C=CN(c1cccc(CO)c1)C2. The number of aliphatic hydroxyl groups excluding tert-OH is 1. The van der Waals surface area contributed by atoms with Gasteiger partial charge in [-0.15, -0.1) is 0 Å². The normalized spacial score (nSPS) is 12.7. The van der Waals surface area contributed by atoms with Crippen molar-refractivity contribution in [1.82, 2.24) is 9.55 Å². The molecule has 0 bridgehead atoms. The van der Waals surface area contributed by atoms with Crippen LogP contribution in [0.5, 0.6) is 0 Å². The number of nitrogens with one attached hydrogen (secondary N) is 1. The van der Waals surface area contributed by atoms with E-state index in [0.717, 1.165) is 22.8 Å². The summed E-state index contributed by atoms with van der Waals surface area (Å²) in [5.74, 6) is 0.498. The molecule has 0 saturated heterocycles. The Morgan fingerprint density at radius 2 is 2.00 bits per heavy atom. The molecule has 0 fully saturated rings. The number of hydrogen-bond donors (Lipinski definition) is 2. The number of aromatic nitrogens is 2. The highest BCUT2D eigenvalue weighted by Gasteiger charge is 2.18. The number of carbonyl (C=O) groups is 1. The molecule has 6 heteroatoms. The molecule has 1 aliphatic heterocycles. The minimum Gasteiger partial charge on any atom is -0.392 e. The molecule has 4 rings (SSSR count). The lowest BCUT2D eigenvalue weighted by atomic mass is 10.2. The topological polar surface area (TPSA) is 70.4 Å². The monoisotopic (exact) mass is 346 g/mol. The molecule has 1 aliphatic rings. The van der Waals surface area contributed by atoms with Gasteiger partial charge in [-0.2, -0.15) is 0 Å². The maximum Gasteiger partial charge on any atom is 0.275 e. The van der Waals surface area contributed by atoms with Crippen LogP contribution >= 0.6 is 0 Å². The molecule has 2 heterocycles. The second-order valence-electron chi connectivity index (χ2n) is 6.03. The molecule has 3 aromatic rings. The van der Waals surface area contributed by atoms with Gasteiger partial charge in [0.05, 0.1) is 6.61 Å². The fourth-order valence-electron chi connectivity index (χ4n) is 2.87. The number of rotatable bonds is 4. The van der Waals surface area contributed by atoms with Gasteiger partial charge in [0, 0.05) is 23.8 Å². The minimum atomic E-state index is -0.236. The summed E-state index contributed by atoms with van der Waals surface area (Å²) in [6.45, 7) is 0.553. The maximum absolute atomic E-state index is 12.4. The molecule has 130 valence electrons. The van der Waals surface area contributed by atoms with Crippen molar-refractivity contribution in [1.29, 1.82) is 0 Å². The Morgan fingerprint density at radius 1 is 1.15 bits per heavy atom. The number of carbonyl (C=O) groups excluding carboxylic acids is 1. The summed E-state index contributed by atoms with van der Waals surface area (Å²) < 4.78 is 1.92. The van der Waals surface area contributed by atoms with Crippen LogP contribution in [0, 0.1) is 0 Å². The van der Waals surface area contributed by atoms with E-state index in [0.29, 0.717) is 12.4 Å². The van der Waals surface area contributed by atoms with E-state index in [2.05, 4.69) is 10.3 Å². The lowest BCUT2D eigenvalue weighted by Gasteiger charge is -2.25. The lowest BCUT2D eigenvalue weighted by Crippen LogP contribution is -2.23. The third kappa shape index (κ3) is 3.22. The highest BCUT2D eigenvalue weighted by Crippen LogP contribution is 2.22. The first-order valence-electron chi connectivity index (χ1n) is 8.31. The van der Waals surface area contributed by atoms with Gasteiger partial charge >= 0.3 is 0 Å². The van der Waals surface area contributed by atoms with Crippen LogP contribution in [0.3, 0.4) is 0 Å². The second-order valence-corrected chi connectivity index (χ2v) is 6.03. The number of hydrogen-bond acceptors (Lipinski definition) is 4. The van der Waals surface area contributed by atoms with E-state index in [9.17, 15) is 9.90 Å². The average Bonchev–Trinajstić information content (AvgIpc) is 3.12. The Hall–Kier alpha value is -3.38. The predicted octanol–water partition coefficient (Wildman–Crippen LogP) is 3.08. The largest absolute Gasteiger partial charge is 0.392 e. The van der Waals surface area contributed by atoms with Crippen molar-refractivity contribution in [2.24, 2.45) is 0 Å². The fourth-order valence-corrected chi connectivity index (χ4v) is 2.87. The summed E-state index contributed by atoms with van der Waals surface area (Å²) in [5.41, 5.74) is 2.94. The Bertz CT molecular complexity index is 963. The molecule has 0 atom stereocenters. The first-order chi connectivity index (χ1) is 12.7. The van der Waals surface area contributed by atoms with Crippen LogP contribution < -0.4 is 10.2 Å². The first-order valence-corrected chi connectivity index (χ1v) is 8.31. The molecule has 0 saturated carbocycles.